The zero-order chi connectivity index (χ0) is 18.0. The number of quaternary nitrogens is 2. The Balaban J connectivity index is -0.000000238. The Hall–Kier alpha value is 0.420. The number of nitrogens with two attached hydrogens (primary N) is 1. The second-order valence-electron chi connectivity index (χ2n) is 6.61. The average molecular weight is 405 g/mol. The molecule has 0 aromatic rings. The van der Waals surface area contributed by atoms with E-state index in [-0.39, 0.29) is 24.8 Å². The molecule has 0 unspecified atom stereocenters. The van der Waals surface area contributed by atoms with Gasteiger partial charge in [-0.15, -0.1) is 0 Å². The van der Waals surface area contributed by atoms with Crippen molar-refractivity contribution in [1.82, 2.24) is 0 Å². The van der Waals surface area contributed by atoms with Crippen LogP contribution in [0.5, 0.6) is 0 Å². The van der Waals surface area contributed by atoms with Crippen molar-refractivity contribution in [3.8, 4) is 0 Å². The van der Waals surface area contributed by atoms with Gasteiger partial charge in [0, 0.05) is 0 Å². The van der Waals surface area contributed by atoms with Crippen molar-refractivity contribution in [2.75, 3.05) is 39.8 Å². The zero-order valence-corrected chi connectivity index (χ0v) is 19.0. The van der Waals surface area contributed by atoms with Crippen LogP contribution in [0.25, 0.3) is 0 Å². The molecule has 0 aromatic heterocycles. The van der Waals surface area contributed by atoms with Crippen LogP contribution in [-0.4, -0.2) is 60.8 Å². The second kappa shape index (κ2) is 24.4. The number of nitrogens with zero attached hydrogens (tertiary/aromatic N) is 1. The van der Waals surface area contributed by atoms with Gasteiger partial charge in [-0.25, -0.2) is 0 Å². The standard InChI is InChI=1S/C16H36N.C3H9NO2.2ClH/c1-5-9-10-11-12-13-14-15-16-17(6-2,7-3)8-4;1-4-2-3(5)6;;/h5-16H2,1-4H3;3-6H,2H2,1H3;2*1H/q+1;;;/p-1. The molecule has 6 heteroatoms. The second-order valence-corrected chi connectivity index (χ2v) is 6.61. The van der Waals surface area contributed by atoms with E-state index in [9.17, 15) is 0 Å². The fraction of sp³-hybridized carbons (Fsp3) is 1.00. The maximum absolute atomic E-state index is 8.08. The molecule has 25 heavy (non-hydrogen) atoms. The molecule has 0 fully saturated rings. The summed E-state index contributed by atoms with van der Waals surface area (Å²) in [7, 11) is 1.78. The molecule has 0 saturated carbocycles. The summed E-state index contributed by atoms with van der Waals surface area (Å²) in [5.41, 5.74) is 0. The van der Waals surface area contributed by atoms with Gasteiger partial charge in [0.25, 0.3) is 0 Å². The lowest BCUT2D eigenvalue weighted by Gasteiger charge is -2.35. The molecule has 0 saturated heterocycles. The first kappa shape index (κ1) is 33.0. The molecule has 0 bridgehead atoms. The minimum Gasteiger partial charge on any atom is -1.00 e. The summed E-state index contributed by atoms with van der Waals surface area (Å²) in [5.74, 6) is 0. The summed E-state index contributed by atoms with van der Waals surface area (Å²) in [4.78, 5) is 0. The van der Waals surface area contributed by atoms with Gasteiger partial charge in [-0.1, -0.05) is 45.4 Å². The number of unbranched alkanes of at least 4 members (excludes halogenated alkanes) is 7. The van der Waals surface area contributed by atoms with Crippen molar-refractivity contribution in [3.05, 3.63) is 0 Å². The van der Waals surface area contributed by atoms with Crippen molar-refractivity contribution in [2.45, 2.75) is 85.4 Å². The first-order chi connectivity index (χ1) is 11.0. The monoisotopic (exact) mass is 404 g/mol. The minimum atomic E-state index is -1.16. The van der Waals surface area contributed by atoms with Gasteiger partial charge in [0.05, 0.1) is 33.2 Å². The summed E-state index contributed by atoms with van der Waals surface area (Å²) in [6.45, 7) is 15.0. The fourth-order valence-corrected chi connectivity index (χ4v) is 2.94. The summed E-state index contributed by atoms with van der Waals surface area (Å²) < 4.78 is 1.33. The molecule has 0 aliphatic rings. The van der Waals surface area contributed by atoms with E-state index in [0.717, 1.165) is 0 Å². The Morgan fingerprint density at radius 3 is 1.40 bits per heavy atom. The summed E-state index contributed by atoms with van der Waals surface area (Å²) >= 11 is 0. The Bertz CT molecular complexity index is 221. The Kier molecular flexibility index (Phi) is 32.3. The maximum atomic E-state index is 8.08. The summed E-state index contributed by atoms with van der Waals surface area (Å²) in [5, 5.41) is 17.9. The number of rotatable bonds is 14. The molecule has 4 N–H and O–H groups in total. The van der Waals surface area contributed by atoms with Crippen LogP contribution in [0.3, 0.4) is 0 Å². The van der Waals surface area contributed by atoms with E-state index in [1.54, 1.807) is 12.4 Å². The van der Waals surface area contributed by atoms with E-state index in [0.29, 0.717) is 6.54 Å². The average Bonchev–Trinajstić information content (AvgIpc) is 2.55. The highest BCUT2D eigenvalue weighted by Gasteiger charge is 2.19. The van der Waals surface area contributed by atoms with Gasteiger partial charge in [0.15, 0.2) is 0 Å². The van der Waals surface area contributed by atoms with Crippen LogP contribution in [0.2, 0.25) is 0 Å². The largest absolute Gasteiger partial charge is 1.00 e. The number of aliphatic hydroxyl groups is 2. The van der Waals surface area contributed by atoms with Crippen molar-refractivity contribution in [3.63, 3.8) is 0 Å². The van der Waals surface area contributed by atoms with Crippen LogP contribution < -0.4 is 30.1 Å². The maximum Gasteiger partial charge on any atom is 0.202 e. The lowest BCUT2D eigenvalue weighted by Crippen LogP contribution is -3.00. The van der Waals surface area contributed by atoms with E-state index in [1.807, 2.05) is 0 Å². The number of hydrogen-bond donors (Lipinski definition) is 3. The van der Waals surface area contributed by atoms with Gasteiger partial charge in [0.2, 0.25) is 6.29 Å². The predicted octanol–water partition coefficient (Wildman–Crippen LogP) is -3.50. The van der Waals surface area contributed by atoms with E-state index < -0.39 is 6.29 Å². The molecular weight excluding hydrogens is 359 g/mol. The Labute approximate surface area is 170 Å². The topological polar surface area (TPSA) is 57.1 Å². The molecule has 0 aliphatic carbocycles. The van der Waals surface area contributed by atoms with Crippen LogP contribution in [0.4, 0.5) is 0 Å². The third-order valence-electron chi connectivity index (χ3n) is 4.94. The van der Waals surface area contributed by atoms with Crippen LogP contribution in [0, 0.1) is 0 Å². The molecule has 0 aliphatic heterocycles. The highest BCUT2D eigenvalue weighted by molar-refractivity contribution is 4.47. The van der Waals surface area contributed by atoms with Gasteiger partial charge >= 0.3 is 0 Å². The van der Waals surface area contributed by atoms with Crippen molar-refractivity contribution < 1.29 is 44.8 Å². The molecule has 158 valence electrons. The number of aliphatic hydroxyl groups excluding tert-OH is 1. The van der Waals surface area contributed by atoms with Gasteiger partial charge in [-0.2, -0.15) is 0 Å². The third kappa shape index (κ3) is 22.4. The van der Waals surface area contributed by atoms with Crippen LogP contribution in [0.15, 0.2) is 0 Å². The van der Waals surface area contributed by atoms with Gasteiger partial charge in [-0.3, -0.25) is 0 Å². The predicted molar refractivity (Wildman–Crippen MR) is 100 cm³/mol. The Morgan fingerprint density at radius 1 is 0.720 bits per heavy atom. The first-order valence-corrected chi connectivity index (χ1v) is 10.0. The van der Waals surface area contributed by atoms with Gasteiger partial charge in [-0.05, 0) is 33.6 Å². The Morgan fingerprint density at radius 2 is 1.12 bits per heavy atom. The van der Waals surface area contributed by atoms with Crippen LogP contribution in [0.1, 0.15) is 79.1 Å². The smallest absolute Gasteiger partial charge is 0.202 e. The summed E-state index contributed by atoms with van der Waals surface area (Å²) in [6.07, 6.45) is 10.4. The van der Waals surface area contributed by atoms with Crippen molar-refractivity contribution in [1.29, 1.82) is 0 Å². The molecule has 0 atom stereocenters. The molecular formula is C19H46Cl2N2O2. The number of likely N-dealkylation sites (N-methyl/N-ethyl adjacent to an activating group) is 1. The number of hydrogen-bond acceptors (Lipinski definition) is 2. The minimum absolute atomic E-state index is 0. The lowest BCUT2D eigenvalue weighted by atomic mass is 10.1. The van der Waals surface area contributed by atoms with E-state index in [1.165, 1.54) is 82.0 Å². The van der Waals surface area contributed by atoms with E-state index in [2.05, 4.69) is 27.7 Å². The molecule has 0 heterocycles. The highest BCUT2D eigenvalue weighted by Crippen LogP contribution is 2.12. The van der Waals surface area contributed by atoms with Gasteiger partial charge in [0.1, 0.15) is 6.54 Å². The third-order valence-corrected chi connectivity index (χ3v) is 4.94. The van der Waals surface area contributed by atoms with Crippen LogP contribution >= 0.6 is 0 Å². The SMILES string of the molecule is CCCCCCCCCC[N+](CC)(CC)CC.C[NH2+]CC(O)O.[Cl-].[Cl-]. The molecule has 0 aromatic carbocycles. The highest BCUT2D eigenvalue weighted by atomic mass is 35.5. The lowest BCUT2D eigenvalue weighted by molar-refractivity contribution is -0.923. The number of halogens is 2. The normalized spacial score (nSPS) is 10.6. The van der Waals surface area contributed by atoms with Crippen molar-refractivity contribution in [2.24, 2.45) is 0 Å². The zero-order valence-electron chi connectivity index (χ0n) is 17.4. The quantitative estimate of drug-likeness (QED) is 0.160. The fourth-order valence-electron chi connectivity index (χ4n) is 2.94. The molecule has 0 radical (unpaired) electrons. The van der Waals surface area contributed by atoms with Gasteiger partial charge < -0.3 is 44.8 Å². The van der Waals surface area contributed by atoms with E-state index in [4.69, 9.17) is 10.2 Å². The van der Waals surface area contributed by atoms with Crippen molar-refractivity contribution >= 4 is 0 Å². The molecule has 0 rings (SSSR count). The first-order valence-electron chi connectivity index (χ1n) is 10.0. The van der Waals surface area contributed by atoms with E-state index >= 15 is 0 Å². The molecule has 4 nitrogen and oxygen atoms in total. The summed E-state index contributed by atoms with van der Waals surface area (Å²) in [6, 6.07) is 0. The van der Waals surface area contributed by atoms with Crippen LogP contribution in [-0.2, 0) is 0 Å². The molecule has 0 amide bonds. The molecule has 0 spiro atoms.